The summed E-state index contributed by atoms with van der Waals surface area (Å²) in [7, 11) is 0. The van der Waals surface area contributed by atoms with Crippen LogP contribution in [0, 0.1) is 12.8 Å². The molecule has 1 atom stereocenters. The molecule has 0 heterocycles. The van der Waals surface area contributed by atoms with E-state index in [1.54, 1.807) is 0 Å². The second-order valence-corrected chi connectivity index (χ2v) is 5.00. The predicted molar refractivity (Wildman–Crippen MR) is 71.1 cm³/mol. The molecule has 2 heteroatoms. The minimum atomic E-state index is 0.333. The lowest BCUT2D eigenvalue weighted by atomic mass is 10.1. The average molecular weight is 233 g/mol. The second kappa shape index (κ2) is 6.18. The third-order valence-electron chi connectivity index (χ3n) is 3.27. The Hall–Kier alpha value is -0.860. The van der Waals surface area contributed by atoms with Crippen LogP contribution in [0.25, 0.3) is 0 Å². The number of nitrogens with one attached hydrogen (secondary N) is 1. The molecule has 2 rings (SSSR count). The quantitative estimate of drug-likeness (QED) is 0.781. The van der Waals surface area contributed by atoms with Gasteiger partial charge in [0.15, 0.2) is 0 Å². The maximum absolute atomic E-state index is 5.79. The normalized spacial score (nSPS) is 17.1. The smallest absolute Gasteiger partial charge is 0.0661 e. The molecule has 17 heavy (non-hydrogen) atoms. The van der Waals surface area contributed by atoms with Crippen molar-refractivity contribution in [1.82, 2.24) is 5.32 Å². The van der Waals surface area contributed by atoms with Gasteiger partial charge in [0.25, 0.3) is 0 Å². The van der Waals surface area contributed by atoms with Crippen LogP contribution >= 0.6 is 0 Å². The monoisotopic (exact) mass is 233 g/mol. The lowest BCUT2D eigenvalue weighted by Crippen LogP contribution is -2.25. The van der Waals surface area contributed by atoms with E-state index in [1.807, 2.05) is 0 Å². The zero-order chi connectivity index (χ0) is 12.1. The molecule has 0 radical (unpaired) electrons. The van der Waals surface area contributed by atoms with Crippen molar-refractivity contribution in [3.8, 4) is 0 Å². The van der Waals surface area contributed by atoms with Gasteiger partial charge in [-0.1, -0.05) is 36.8 Å². The first-order valence-electron chi connectivity index (χ1n) is 6.67. The van der Waals surface area contributed by atoms with Crippen LogP contribution in [-0.2, 0) is 4.74 Å². The molecule has 0 amide bonds. The molecule has 1 aromatic rings. The van der Waals surface area contributed by atoms with E-state index in [4.69, 9.17) is 4.74 Å². The Morgan fingerprint density at radius 3 is 2.59 bits per heavy atom. The highest BCUT2D eigenvalue weighted by Gasteiger charge is 2.22. The van der Waals surface area contributed by atoms with Gasteiger partial charge >= 0.3 is 0 Å². The van der Waals surface area contributed by atoms with Crippen molar-refractivity contribution >= 4 is 0 Å². The maximum Gasteiger partial charge on any atom is 0.0661 e. The lowest BCUT2D eigenvalue weighted by molar-refractivity contribution is 0.103. The van der Waals surface area contributed by atoms with Crippen molar-refractivity contribution in [1.29, 1.82) is 0 Å². The molecule has 1 aromatic carbocycles. The summed E-state index contributed by atoms with van der Waals surface area (Å²) in [6.45, 7) is 6.96. The fourth-order valence-corrected chi connectivity index (χ4v) is 1.96. The molecular formula is C15H23NO. The molecule has 1 unspecified atom stereocenters. The first-order valence-corrected chi connectivity index (χ1v) is 6.67. The fraction of sp³-hybridized carbons (Fsp3) is 0.600. The fourth-order valence-electron chi connectivity index (χ4n) is 1.96. The highest BCUT2D eigenvalue weighted by atomic mass is 16.5. The zero-order valence-corrected chi connectivity index (χ0v) is 10.9. The summed E-state index contributed by atoms with van der Waals surface area (Å²) in [6, 6.07) is 9.06. The van der Waals surface area contributed by atoms with Crippen molar-refractivity contribution in [3.05, 3.63) is 35.4 Å². The summed E-state index contributed by atoms with van der Waals surface area (Å²) in [5.74, 6) is 0.843. The van der Waals surface area contributed by atoms with Crippen LogP contribution in [0.5, 0.6) is 0 Å². The molecule has 1 aliphatic carbocycles. The van der Waals surface area contributed by atoms with Gasteiger partial charge in [-0.15, -0.1) is 0 Å². The van der Waals surface area contributed by atoms with Crippen LogP contribution in [0.15, 0.2) is 24.3 Å². The number of hydrogen-bond acceptors (Lipinski definition) is 2. The minimum absolute atomic E-state index is 0.333. The number of likely N-dealkylation sites (N-methyl/N-ethyl adjacent to an activating group) is 1. The summed E-state index contributed by atoms with van der Waals surface area (Å²) >= 11 is 0. The Kier molecular flexibility index (Phi) is 4.57. The van der Waals surface area contributed by atoms with Crippen LogP contribution in [0.3, 0.4) is 0 Å². The predicted octanol–water partition coefficient (Wildman–Crippen LogP) is 3.07. The molecule has 94 valence electrons. The van der Waals surface area contributed by atoms with Gasteiger partial charge in [-0.2, -0.15) is 0 Å². The Morgan fingerprint density at radius 1 is 1.29 bits per heavy atom. The molecule has 0 saturated heterocycles. The van der Waals surface area contributed by atoms with Gasteiger partial charge in [0.1, 0.15) is 0 Å². The molecule has 0 aliphatic heterocycles. The Bertz CT molecular complexity index is 329. The topological polar surface area (TPSA) is 21.3 Å². The van der Waals surface area contributed by atoms with E-state index in [0.29, 0.717) is 6.04 Å². The van der Waals surface area contributed by atoms with Crippen molar-refractivity contribution in [2.75, 3.05) is 19.8 Å². The van der Waals surface area contributed by atoms with Crippen LogP contribution in [0.2, 0.25) is 0 Å². The van der Waals surface area contributed by atoms with Gasteiger partial charge in [0, 0.05) is 6.61 Å². The van der Waals surface area contributed by atoms with E-state index in [2.05, 4.69) is 43.4 Å². The van der Waals surface area contributed by atoms with E-state index >= 15 is 0 Å². The zero-order valence-electron chi connectivity index (χ0n) is 10.9. The van der Waals surface area contributed by atoms with Crippen molar-refractivity contribution in [2.24, 2.45) is 5.92 Å². The van der Waals surface area contributed by atoms with E-state index in [1.165, 1.54) is 24.0 Å². The van der Waals surface area contributed by atoms with Gasteiger partial charge in [-0.25, -0.2) is 0 Å². The van der Waals surface area contributed by atoms with Crippen LogP contribution < -0.4 is 5.32 Å². The van der Waals surface area contributed by atoms with Crippen LogP contribution in [0.4, 0.5) is 0 Å². The maximum atomic E-state index is 5.79. The highest BCUT2D eigenvalue weighted by Crippen LogP contribution is 2.29. The highest BCUT2D eigenvalue weighted by molar-refractivity contribution is 5.24. The number of ether oxygens (including phenoxy) is 1. The molecule has 0 aromatic heterocycles. The van der Waals surface area contributed by atoms with E-state index in [9.17, 15) is 0 Å². The van der Waals surface area contributed by atoms with Crippen molar-refractivity contribution in [3.63, 3.8) is 0 Å². The summed E-state index contributed by atoms with van der Waals surface area (Å²) in [5.41, 5.74) is 2.64. The standard InChI is InChI=1S/C15H23NO/c1-3-16-15(11-17-10-13-6-7-13)14-8-4-12(2)5-9-14/h4-5,8-9,13,15-16H,3,6-7,10-11H2,1-2H3. The first-order chi connectivity index (χ1) is 8.29. The molecule has 1 N–H and O–H groups in total. The number of rotatable bonds is 7. The van der Waals surface area contributed by atoms with Gasteiger partial charge in [0.2, 0.25) is 0 Å². The van der Waals surface area contributed by atoms with E-state index in [-0.39, 0.29) is 0 Å². The number of hydrogen-bond donors (Lipinski definition) is 1. The Morgan fingerprint density at radius 2 is 2.00 bits per heavy atom. The minimum Gasteiger partial charge on any atom is -0.379 e. The molecule has 1 aliphatic rings. The lowest BCUT2D eigenvalue weighted by Gasteiger charge is -2.18. The third-order valence-corrected chi connectivity index (χ3v) is 3.27. The summed E-state index contributed by atoms with van der Waals surface area (Å²) < 4.78 is 5.79. The second-order valence-electron chi connectivity index (χ2n) is 5.00. The van der Waals surface area contributed by atoms with Gasteiger partial charge < -0.3 is 10.1 Å². The molecule has 0 spiro atoms. The summed E-state index contributed by atoms with van der Waals surface area (Å²) in [4.78, 5) is 0. The third kappa shape index (κ3) is 4.14. The van der Waals surface area contributed by atoms with Crippen LogP contribution in [0.1, 0.15) is 36.9 Å². The van der Waals surface area contributed by atoms with Crippen molar-refractivity contribution in [2.45, 2.75) is 32.7 Å². The molecule has 1 saturated carbocycles. The molecule has 1 fully saturated rings. The van der Waals surface area contributed by atoms with Gasteiger partial charge in [-0.3, -0.25) is 0 Å². The molecule has 0 bridgehead atoms. The first kappa shape index (κ1) is 12.6. The average Bonchev–Trinajstić information content (AvgIpc) is 3.13. The van der Waals surface area contributed by atoms with Crippen molar-refractivity contribution < 1.29 is 4.74 Å². The SMILES string of the molecule is CCNC(COCC1CC1)c1ccc(C)cc1. The van der Waals surface area contributed by atoms with E-state index in [0.717, 1.165) is 25.7 Å². The molecular weight excluding hydrogens is 210 g/mol. The molecule has 2 nitrogen and oxygen atoms in total. The number of aryl methyl sites for hydroxylation is 1. The Balaban J connectivity index is 1.87. The van der Waals surface area contributed by atoms with Gasteiger partial charge in [-0.05, 0) is 37.8 Å². The van der Waals surface area contributed by atoms with Gasteiger partial charge in [0.05, 0.1) is 12.6 Å². The summed E-state index contributed by atoms with van der Waals surface area (Å²) in [6.07, 6.45) is 2.72. The van der Waals surface area contributed by atoms with E-state index < -0.39 is 0 Å². The van der Waals surface area contributed by atoms with Crippen LogP contribution in [-0.4, -0.2) is 19.8 Å². The largest absolute Gasteiger partial charge is 0.379 e. The summed E-state index contributed by atoms with van der Waals surface area (Å²) in [5, 5.41) is 3.49. The Labute approximate surface area is 104 Å². The number of benzene rings is 1.